The molecule has 1 nitrogen and oxygen atoms in total. The van der Waals surface area contributed by atoms with Gasteiger partial charge in [0.2, 0.25) is 0 Å². The van der Waals surface area contributed by atoms with Crippen LogP contribution >= 0.6 is 0 Å². The van der Waals surface area contributed by atoms with Gasteiger partial charge in [-0.2, -0.15) is 0 Å². The Morgan fingerprint density at radius 3 is 2.44 bits per heavy atom. The summed E-state index contributed by atoms with van der Waals surface area (Å²) in [5.41, 5.74) is 9.04. The Kier molecular flexibility index (Phi) is 4.55. The second-order valence-corrected chi connectivity index (χ2v) is 5.00. The summed E-state index contributed by atoms with van der Waals surface area (Å²) in [5.74, 6) is 0.467. The third-order valence-corrected chi connectivity index (χ3v) is 3.62. The predicted molar refractivity (Wildman–Crippen MR) is 71.4 cm³/mol. The summed E-state index contributed by atoms with van der Waals surface area (Å²) >= 11 is 0. The molecule has 1 atom stereocenters. The highest BCUT2D eigenvalue weighted by Gasteiger charge is 2.28. The first-order valence-corrected chi connectivity index (χ1v) is 6.42. The van der Waals surface area contributed by atoms with E-state index in [4.69, 9.17) is 5.73 Å². The van der Waals surface area contributed by atoms with Gasteiger partial charge in [0.15, 0.2) is 0 Å². The molecule has 1 unspecified atom stereocenters. The van der Waals surface area contributed by atoms with Gasteiger partial charge in [-0.15, -0.1) is 0 Å². The number of benzene rings is 1. The topological polar surface area (TPSA) is 26.0 Å². The van der Waals surface area contributed by atoms with Crippen LogP contribution in [0, 0.1) is 5.92 Å². The lowest BCUT2D eigenvalue weighted by Crippen LogP contribution is -2.41. The van der Waals surface area contributed by atoms with E-state index in [9.17, 15) is 0 Å². The van der Waals surface area contributed by atoms with E-state index in [0.717, 1.165) is 12.8 Å². The van der Waals surface area contributed by atoms with E-state index >= 15 is 0 Å². The fourth-order valence-corrected chi connectivity index (χ4v) is 2.25. The Hall–Kier alpha value is -0.820. The van der Waals surface area contributed by atoms with E-state index in [1.165, 1.54) is 17.5 Å². The molecule has 0 aliphatic heterocycles. The Labute approximate surface area is 100 Å². The fraction of sp³-hybridized carbons (Fsp3) is 0.600. The van der Waals surface area contributed by atoms with Crippen LogP contribution in [0.1, 0.15) is 51.7 Å². The molecule has 0 aliphatic rings. The highest BCUT2D eigenvalue weighted by atomic mass is 14.7. The third-order valence-electron chi connectivity index (χ3n) is 3.62. The van der Waals surface area contributed by atoms with Gasteiger partial charge in [-0.1, -0.05) is 58.4 Å². The van der Waals surface area contributed by atoms with Crippen molar-refractivity contribution in [1.29, 1.82) is 0 Å². The first-order valence-electron chi connectivity index (χ1n) is 6.42. The van der Waals surface area contributed by atoms with Crippen molar-refractivity contribution in [2.24, 2.45) is 11.7 Å². The zero-order chi connectivity index (χ0) is 12.2. The maximum Gasteiger partial charge on any atom is 0.0430 e. The van der Waals surface area contributed by atoms with Gasteiger partial charge in [-0.05, 0) is 29.9 Å². The fourth-order valence-electron chi connectivity index (χ4n) is 2.25. The summed E-state index contributed by atoms with van der Waals surface area (Å²) in [5, 5.41) is 0. The van der Waals surface area contributed by atoms with Gasteiger partial charge < -0.3 is 5.73 Å². The van der Waals surface area contributed by atoms with Gasteiger partial charge in [0.1, 0.15) is 0 Å². The van der Waals surface area contributed by atoms with Crippen LogP contribution in [-0.4, -0.2) is 0 Å². The number of rotatable bonds is 5. The third kappa shape index (κ3) is 2.65. The van der Waals surface area contributed by atoms with Crippen molar-refractivity contribution < 1.29 is 0 Å². The lowest BCUT2D eigenvalue weighted by molar-refractivity contribution is 0.305. The molecule has 90 valence electrons. The summed E-state index contributed by atoms with van der Waals surface area (Å²) in [7, 11) is 0. The number of hydrogen-bond acceptors (Lipinski definition) is 1. The quantitative estimate of drug-likeness (QED) is 0.799. The van der Waals surface area contributed by atoms with E-state index in [1.54, 1.807) is 0 Å². The van der Waals surface area contributed by atoms with Crippen LogP contribution in [0.15, 0.2) is 24.3 Å². The maximum absolute atomic E-state index is 6.53. The van der Waals surface area contributed by atoms with E-state index < -0.39 is 0 Å². The van der Waals surface area contributed by atoms with E-state index in [1.807, 2.05) is 0 Å². The number of hydrogen-bond donors (Lipinski definition) is 1. The minimum absolute atomic E-state index is 0.177. The van der Waals surface area contributed by atoms with Crippen LogP contribution in [0.3, 0.4) is 0 Å². The average Bonchev–Trinajstić information content (AvgIpc) is 2.28. The molecule has 1 heteroatoms. The van der Waals surface area contributed by atoms with Crippen molar-refractivity contribution in [3.05, 3.63) is 35.4 Å². The van der Waals surface area contributed by atoms with Crippen LogP contribution in [0.4, 0.5) is 0 Å². The molecule has 0 bridgehead atoms. The van der Waals surface area contributed by atoms with Crippen molar-refractivity contribution in [2.45, 2.75) is 52.5 Å². The summed E-state index contributed by atoms with van der Waals surface area (Å²) in [6.45, 7) is 8.79. The molecule has 0 heterocycles. The zero-order valence-electron chi connectivity index (χ0n) is 11.1. The SMILES string of the molecule is CCCc1cccc(C(N)(CC)C(C)C)c1. The molecule has 2 N–H and O–H groups in total. The molecular formula is C15H25N. The molecule has 1 aromatic carbocycles. The van der Waals surface area contributed by atoms with Crippen molar-refractivity contribution in [1.82, 2.24) is 0 Å². The molecule has 0 spiro atoms. The van der Waals surface area contributed by atoms with Gasteiger partial charge in [-0.3, -0.25) is 0 Å². The molecule has 0 aliphatic carbocycles. The van der Waals surface area contributed by atoms with Gasteiger partial charge >= 0.3 is 0 Å². The summed E-state index contributed by atoms with van der Waals surface area (Å²) < 4.78 is 0. The molecular weight excluding hydrogens is 194 g/mol. The Balaban J connectivity index is 3.06. The first-order chi connectivity index (χ1) is 7.54. The monoisotopic (exact) mass is 219 g/mol. The minimum Gasteiger partial charge on any atom is -0.321 e. The molecule has 1 aromatic rings. The molecule has 0 saturated heterocycles. The van der Waals surface area contributed by atoms with Crippen molar-refractivity contribution >= 4 is 0 Å². The van der Waals surface area contributed by atoms with Gasteiger partial charge in [0, 0.05) is 5.54 Å². The van der Waals surface area contributed by atoms with Crippen molar-refractivity contribution in [3.63, 3.8) is 0 Å². The standard InChI is InChI=1S/C15H25N/c1-5-8-13-9-7-10-14(11-13)15(16,6-2)12(3)4/h7,9-12H,5-6,8,16H2,1-4H3. The average molecular weight is 219 g/mol. The van der Waals surface area contributed by atoms with Gasteiger partial charge in [-0.25, -0.2) is 0 Å². The van der Waals surface area contributed by atoms with Gasteiger partial charge in [0.05, 0.1) is 0 Å². The van der Waals surface area contributed by atoms with Crippen LogP contribution < -0.4 is 5.73 Å². The molecule has 0 aromatic heterocycles. The smallest absolute Gasteiger partial charge is 0.0430 e. The van der Waals surface area contributed by atoms with Crippen LogP contribution in [0.5, 0.6) is 0 Å². The lowest BCUT2D eigenvalue weighted by Gasteiger charge is -2.33. The summed E-state index contributed by atoms with van der Waals surface area (Å²) in [4.78, 5) is 0. The van der Waals surface area contributed by atoms with Crippen molar-refractivity contribution in [3.8, 4) is 0 Å². The Bertz CT molecular complexity index is 330. The lowest BCUT2D eigenvalue weighted by atomic mass is 9.78. The minimum atomic E-state index is -0.177. The highest BCUT2D eigenvalue weighted by Crippen LogP contribution is 2.30. The summed E-state index contributed by atoms with van der Waals surface area (Å²) in [6.07, 6.45) is 3.32. The largest absolute Gasteiger partial charge is 0.321 e. The Morgan fingerprint density at radius 1 is 1.25 bits per heavy atom. The van der Waals surface area contributed by atoms with Crippen LogP contribution in [0.25, 0.3) is 0 Å². The molecule has 0 fully saturated rings. The van der Waals surface area contributed by atoms with Crippen LogP contribution in [-0.2, 0) is 12.0 Å². The first kappa shape index (κ1) is 13.2. The zero-order valence-corrected chi connectivity index (χ0v) is 11.1. The van der Waals surface area contributed by atoms with E-state index in [2.05, 4.69) is 52.0 Å². The molecule has 0 radical (unpaired) electrons. The number of nitrogens with two attached hydrogens (primary N) is 1. The van der Waals surface area contributed by atoms with Gasteiger partial charge in [0.25, 0.3) is 0 Å². The van der Waals surface area contributed by atoms with Crippen LogP contribution in [0.2, 0.25) is 0 Å². The number of aryl methyl sites for hydroxylation is 1. The Morgan fingerprint density at radius 2 is 1.94 bits per heavy atom. The second kappa shape index (κ2) is 5.49. The normalized spacial score (nSPS) is 15.1. The molecule has 16 heavy (non-hydrogen) atoms. The highest BCUT2D eigenvalue weighted by molar-refractivity contribution is 5.30. The molecule has 0 saturated carbocycles. The van der Waals surface area contributed by atoms with E-state index in [-0.39, 0.29) is 5.54 Å². The molecule has 0 amide bonds. The summed E-state index contributed by atoms with van der Waals surface area (Å²) in [6, 6.07) is 8.79. The maximum atomic E-state index is 6.53. The predicted octanol–water partition coefficient (Wildman–Crippen LogP) is 3.86. The second-order valence-electron chi connectivity index (χ2n) is 5.00. The van der Waals surface area contributed by atoms with Crippen molar-refractivity contribution in [2.75, 3.05) is 0 Å². The molecule has 1 rings (SSSR count). The van der Waals surface area contributed by atoms with E-state index in [0.29, 0.717) is 5.92 Å².